The Balaban J connectivity index is 2.21. The van der Waals surface area contributed by atoms with Crippen LogP contribution >= 0.6 is 0 Å². The maximum absolute atomic E-state index is 11.9. The van der Waals surface area contributed by atoms with Gasteiger partial charge in [-0.3, -0.25) is 14.4 Å². The summed E-state index contributed by atoms with van der Waals surface area (Å²) in [6.45, 7) is 3.55. The Hall–Kier alpha value is -0.860. The number of nitrogens with zero attached hydrogens (tertiary/aromatic N) is 1. The Morgan fingerprint density at radius 3 is 2.62 bits per heavy atom. The van der Waals surface area contributed by atoms with Gasteiger partial charge in [-0.1, -0.05) is 0 Å². The molecule has 0 aromatic carbocycles. The smallest absolute Gasteiger partial charge is 0.462 e. The second-order valence-corrected chi connectivity index (χ2v) is 5.57. The molecule has 0 aliphatic carbocycles. The number of hydrogen-bond donors (Lipinski definition) is 1. The molecular formula is C13H23F3N2O3. The predicted octanol–water partition coefficient (Wildman–Crippen LogP) is 1.87. The molecule has 1 aliphatic heterocycles. The van der Waals surface area contributed by atoms with E-state index < -0.39 is 13.1 Å². The Bertz CT molecular complexity index is 337. The maximum atomic E-state index is 11.9. The van der Waals surface area contributed by atoms with Gasteiger partial charge in [-0.15, -0.1) is 13.2 Å². The van der Waals surface area contributed by atoms with Gasteiger partial charge in [0.2, 0.25) is 0 Å². The van der Waals surface area contributed by atoms with Gasteiger partial charge in [-0.05, 0) is 40.2 Å². The minimum Gasteiger partial charge on any atom is -0.462 e. The van der Waals surface area contributed by atoms with Crippen molar-refractivity contribution in [1.29, 1.82) is 0 Å². The van der Waals surface area contributed by atoms with E-state index >= 15 is 0 Å². The standard InChI is InChI=1S/C13H23F3N2O3/c1-9(2)21-12(19)11-5-4-10(17-11)6-7-18(3)8-20-13(14,15)16/h9-11,17H,4-8H2,1-3H3. The molecule has 8 heteroatoms. The molecule has 0 spiro atoms. The van der Waals surface area contributed by atoms with E-state index in [1.807, 2.05) is 0 Å². The fraction of sp³-hybridized carbons (Fsp3) is 0.923. The summed E-state index contributed by atoms with van der Waals surface area (Å²) in [4.78, 5) is 13.2. The second-order valence-electron chi connectivity index (χ2n) is 5.57. The minimum absolute atomic E-state index is 0.114. The monoisotopic (exact) mass is 312 g/mol. The number of carbonyl (C=O) groups excluding carboxylic acids is 1. The highest BCUT2D eigenvalue weighted by molar-refractivity contribution is 5.76. The first-order valence-electron chi connectivity index (χ1n) is 7.03. The van der Waals surface area contributed by atoms with E-state index in [-0.39, 0.29) is 24.2 Å². The van der Waals surface area contributed by atoms with E-state index in [0.29, 0.717) is 19.4 Å². The number of alkyl halides is 3. The van der Waals surface area contributed by atoms with Crippen LogP contribution in [-0.2, 0) is 14.3 Å². The molecule has 1 fully saturated rings. The molecule has 2 atom stereocenters. The number of rotatable bonds is 7. The van der Waals surface area contributed by atoms with Crippen molar-refractivity contribution in [1.82, 2.24) is 10.2 Å². The van der Waals surface area contributed by atoms with Gasteiger partial charge in [0.25, 0.3) is 0 Å². The largest absolute Gasteiger partial charge is 0.523 e. The zero-order chi connectivity index (χ0) is 16.0. The zero-order valence-electron chi connectivity index (χ0n) is 12.6. The molecule has 2 unspecified atom stereocenters. The molecule has 21 heavy (non-hydrogen) atoms. The fourth-order valence-corrected chi connectivity index (χ4v) is 2.17. The summed E-state index contributed by atoms with van der Waals surface area (Å²) >= 11 is 0. The quantitative estimate of drug-likeness (QED) is 0.574. The molecule has 0 amide bonds. The van der Waals surface area contributed by atoms with Gasteiger partial charge in [-0.2, -0.15) is 0 Å². The van der Waals surface area contributed by atoms with E-state index in [1.54, 1.807) is 20.9 Å². The Kier molecular flexibility index (Phi) is 6.89. The molecule has 1 heterocycles. The van der Waals surface area contributed by atoms with Crippen molar-refractivity contribution in [2.45, 2.75) is 57.7 Å². The normalized spacial score (nSPS) is 23.0. The van der Waals surface area contributed by atoms with E-state index in [2.05, 4.69) is 10.1 Å². The van der Waals surface area contributed by atoms with Crippen LogP contribution in [-0.4, -0.2) is 55.7 Å². The molecule has 124 valence electrons. The number of esters is 1. The van der Waals surface area contributed by atoms with Crippen LogP contribution in [0.1, 0.15) is 33.1 Å². The maximum Gasteiger partial charge on any atom is 0.523 e. The molecule has 1 saturated heterocycles. The lowest BCUT2D eigenvalue weighted by Gasteiger charge is -2.20. The van der Waals surface area contributed by atoms with Gasteiger partial charge in [-0.25, -0.2) is 0 Å². The van der Waals surface area contributed by atoms with Crippen LogP contribution in [0.3, 0.4) is 0 Å². The minimum atomic E-state index is -4.61. The van der Waals surface area contributed by atoms with Crippen molar-refractivity contribution in [3.8, 4) is 0 Å². The van der Waals surface area contributed by atoms with Crippen LogP contribution < -0.4 is 5.32 Å². The fourth-order valence-electron chi connectivity index (χ4n) is 2.17. The van der Waals surface area contributed by atoms with Gasteiger partial charge >= 0.3 is 12.3 Å². The van der Waals surface area contributed by atoms with Crippen molar-refractivity contribution in [3.05, 3.63) is 0 Å². The second kappa shape index (κ2) is 7.95. The van der Waals surface area contributed by atoms with Crippen molar-refractivity contribution in [2.24, 2.45) is 0 Å². The Labute approximate surface area is 122 Å². The molecule has 0 bridgehead atoms. The number of halogens is 3. The van der Waals surface area contributed by atoms with Gasteiger partial charge in [0.05, 0.1) is 6.10 Å². The topological polar surface area (TPSA) is 50.8 Å². The Morgan fingerprint density at radius 2 is 2.05 bits per heavy atom. The van der Waals surface area contributed by atoms with Gasteiger partial charge in [0.15, 0.2) is 0 Å². The summed E-state index contributed by atoms with van der Waals surface area (Å²) in [5.74, 6) is -0.263. The van der Waals surface area contributed by atoms with Crippen LogP contribution in [0.4, 0.5) is 13.2 Å². The van der Waals surface area contributed by atoms with Gasteiger partial charge < -0.3 is 10.1 Å². The highest BCUT2D eigenvalue weighted by Gasteiger charge is 2.31. The third kappa shape index (κ3) is 7.63. The highest BCUT2D eigenvalue weighted by atomic mass is 19.4. The third-order valence-corrected chi connectivity index (χ3v) is 3.18. The first-order valence-corrected chi connectivity index (χ1v) is 7.03. The average Bonchev–Trinajstić information content (AvgIpc) is 2.81. The molecule has 1 N–H and O–H groups in total. The third-order valence-electron chi connectivity index (χ3n) is 3.18. The summed E-state index contributed by atoms with van der Waals surface area (Å²) in [5, 5.41) is 3.16. The van der Waals surface area contributed by atoms with Crippen LogP contribution in [0.25, 0.3) is 0 Å². The van der Waals surface area contributed by atoms with Crippen molar-refractivity contribution in [3.63, 3.8) is 0 Å². The van der Waals surface area contributed by atoms with Crippen LogP contribution in [0.2, 0.25) is 0 Å². The summed E-state index contributed by atoms with van der Waals surface area (Å²) < 4.78 is 44.5. The molecule has 0 aromatic rings. The lowest BCUT2D eigenvalue weighted by Crippen LogP contribution is -2.39. The lowest BCUT2D eigenvalue weighted by atomic mass is 10.1. The first-order chi connectivity index (χ1) is 9.67. The van der Waals surface area contributed by atoms with E-state index in [1.165, 1.54) is 4.90 Å². The predicted molar refractivity (Wildman–Crippen MR) is 70.4 cm³/mol. The van der Waals surface area contributed by atoms with E-state index in [4.69, 9.17) is 4.74 Å². The van der Waals surface area contributed by atoms with Crippen molar-refractivity contribution >= 4 is 5.97 Å². The SMILES string of the molecule is CC(C)OC(=O)C1CCC(CCN(C)COC(F)(F)F)N1. The number of nitrogens with one attached hydrogen (secondary N) is 1. The van der Waals surface area contributed by atoms with Crippen molar-refractivity contribution < 1.29 is 27.4 Å². The summed E-state index contributed by atoms with van der Waals surface area (Å²) in [6.07, 6.45) is -2.59. The van der Waals surface area contributed by atoms with Crippen LogP contribution in [0, 0.1) is 0 Å². The van der Waals surface area contributed by atoms with Crippen molar-refractivity contribution in [2.75, 3.05) is 20.3 Å². The molecule has 0 radical (unpaired) electrons. The summed E-state index contributed by atoms with van der Waals surface area (Å²) in [5.41, 5.74) is 0. The van der Waals surface area contributed by atoms with Crippen LogP contribution in [0.5, 0.6) is 0 Å². The molecule has 1 aliphatic rings. The molecule has 0 aromatic heterocycles. The number of ether oxygens (including phenoxy) is 2. The van der Waals surface area contributed by atoms with Crippen LogP contribution in [0.15, 0.2) is 0 Å². The van der Waals surface area contributed by atoms with E-state index in [9.17, 15) is 18.0 Å². The summed E-state index contributed by atoms with van der Waals surface area (Å²) in [6, 6.07) is -0.197. The van der Waals surface area contributed by atoms with Gasteiger partial charge in [0.1, 0.15) is 12.8 Å². The zero-order valence-corrected chi connectivity index (χ0v) is 12.6. The first kappa shape index (κ1) is 18.2. The Morgan fingerprint density at radius 1 is 1.38 bits per heavy atom. The molecule has 0 saturated carbocycles. The highest BCUT2D eigenvalue weighted by Crippen LogP contribution is 2.18. The molecule has 1 rings (SSSR count). The number of hydrogen-bond acceptors (Lipinski definition) is 5. The van der Waals surface area contributed by atoms with Gasteiger partial charge in [0, 0.05) is 12.6 Å². The average molecular weight is 312 g/mol. The lowest BCUT2D eigenvalue weighted by molar-refractivity contribution is -0.335. The summed E-state index contributed by atoms with van der Waals surface area (Å²) in [7, 11) is 1.56. The molecular weight excluding hydrogens is 289 g/mol. The molecule has 5 nitrogen and oxygen atoms in total. The number of carbonyl (C=O) groups is 1. The van der Waals surface area contributed by atoms with E-state index in [0.717, 1.165) is 6.42 Å².